The summed E-state index contributed by atoms with van der Waals surface area (Å²) in [5.41, 5.74) is 3.42. The minimum absolute atomic E-state index is 0.249. The Balaban J connectivity index is 1.90. The van der Waals surface area contributed by atoms with Crippen molar-refractivity contribution in [2.75, 3.05) is 0 Å². The standard InChI is InChI=1S/C18H21NO3/c1-13(17(20)11-18(21)22)19-12-14-7-9-16(10-8-14)15-5-3-2-4-6-15/h2-10,13,17,19-20H,11-12H2,1H3,(H,21,22). The van der Waals surface area contributed by atoms with Gasteiger partial charge in [-0.25, -0.2) is 0 Å². The van der Waals surface area contributed by atoms with Gasteiger partial charge in [0.1, 0.15) is 0 Å². The molecule has 3 N–H and O–H groups in total. The second kappa shape index (κ2) is 7.73. The van der Waals surface area contributed by atoms with Crippen molar-refractivity contribution >= 4 is 5.97 Å². The molecular formula is C18H21NO3. The molecule has 2 unspecified atom stereocenters. The quantitative estimate of drug-likeness (QED) is 0.735. The molecule has 4 heteroatoms. The summed E-state index contributed by atoms with van der Waals surface area (Å²) < 4.78 is 0. The number of hydrogen-bond acceptors (Lipinski definition) is 3. The van der Waals surface area contributed by atoms with Crippen LogP contribution in [0.3, 0.4) is 0 Å². The van der Waals surface area contributed by atoms with Gasteiger partial charge in [0.05, 0.1) is 12.5 Å². The van der Waals surface area contributed by atoms with Gasteiger partial charge in [0.25, 0.3) is 0 Å². The third-order valence-corrected chi connectivity index (χ3v) is 3.65. The molecule has 0 heterocycles. The molecule has 0 saturated heterocycles. The van der Waals surface area contributed by atoms with Gasteiger partial charge in [0.2, 0.25) is 0 Å². The van der Waals surface area contributed by atoms with Crippen LogP contribution in [-0.4, -0.2) is 28.3 Å². The van der Waals surface area contributed by atoms with E-state index in [4.69, 9.17) is 5.11 Å². The van der Waals surface area contributed by atoms with Crippen LogP contribution in [0, 0.1) is 0 Å². The molecule has 0 aliphatic carbocycles. The molecule has 2 atom stereocenters. The highest BCUT2D eigenvalue weighted by Gasteiger charge is 2.16. The van der Waals surface area contributed by atoms with Crippen molar-refractivity contribution in [3.63, 3.8) is 0 Å². The molecule has 0 aliphatic rings. The Morgan fingerprint density at radius 2 is 1.64 bits per heavy atom. The number of benzene rings is 2. The summed E-state index contributed by atoms with van der Waals surface area (Å²) in [4.78, 5) is 10.6. The smallest absolute Gasteiger partial charge is 0.306 e. The van der Waals surface area contributed by atoms with Gasteiger partial charge < -0.3 is 15.5 Å². The predicted molar refractivity (Wildman–Crippen MR) is 86.4 cm³/mol. The van der Waals surface area contributed by atoms with Gasteiger partial charge in [0, 0.05) is 12.6 Å². The molecule has 0 fully saturated rings. The molecule has 2 aromatic rings. The molecule has 0 spiro atoms. The third-order valence-electron chi connectivity index (χ3n) is 3.65. The van der Waals surface area contributed by atoms with Crippen LogP contribution in [0.2, 0.25) is 0 Å². The van der Waals surface area contributed by atoms with E-state index >= 15 is 0 Å². The van der Waals surface area contributed by atoms with Gasteiger partial charge in [-0.2, -0.15) is 0 Å². The lowest BCUT2D eigenvalue weighted by Gasteiger charge is -2.19. The average Bonchev–Trinajstić information content (AvgIpc) is 2.53. The average molecular weight is 299 g/mol. The van der Waals surface area contributed by atoms with Crippen molar-refractivity contribution in [1.82, 2.24) is 5.32 Å². The highest BCUT2D eigenvalue weighted by molar-refractivity contribution is 5.67. The van der Waals surface area contributed by atoms with Gasteiger partial charge in [-0.1, -0.05) is 54.6 Å². The zero-order valence-corrected chi connectivity index (χ0v) is 12.6. The van der Waals surface area contributed by atoms with Crippen molar-refractivity contribution in [3.05, 3.63) is 60.2 Å². The fourth-order valence-electron chi connectivity index (χ4n) is 2.22. The Morgan fingerprint density at radius 3 is 2.23 bits per heavy atom. The molecule has 0 aromatic heterocycles. The van der Waals surface area contributed by atoms with Gasteiger partial charge in [-0.3, -0.25) is 4.79 Å². The van der Waals surface area contributed by atoms with E-state index < -0.39 is 12.1 Å². The van der Waals surface area contributed by atoms with Crippen LogP contribution < -0.4 is 5.32 Å². The second-order valence-corrected chi connectivity index (χ2v) is 5.40. The van der Waals surface area contributed by atoms with Crippen molar-refractivity contribution in [2.24, 2.45) is 0 Å². The molecular weight excluding hydrogens is 278 g/mol. The summed E-state index contributed by atoms with van der Waals surface area (Å²) in [6, 6.07) is 18.1. The van der Waals surface area contributed by atoms with Crippen molar-refractivity contribution < 1.29 is 15.0 Å². The van der Waals surface area contributed by atoms with Crippen LogP contribution in [-0.2, 0) is 11.3 Å². The first-order valence-corrected chi connectivity index (χ1v) is 7.34. The molecule has 4 nitrogen and oxygen atoms in total. The Labute approximate surface area is 130 Å². The first-order chi connectivity index (χ1) is 10.6. The molecule has 0 bridgehead atoms. The summed E-state index contributed by atoms with van der Waals surface area (Å²) in [7, 11) is 0. The number of nitrogens with one attached hydrogen (secondary N) is 1. The van der Waals surface area contributed by atoms with Crippen molar-refractivity contribution in [3.8, 4) is 11.1 Å². The first-order valence-electron chi connectivity index (χ1n) is 7.34. The van der Waals surface area contributed by atoms with Crippen LogP contribution in [0.4, 0.5) is 0 Å². The molecule has 2 aromatic carbocycles. The topological polar surface area (TPSA) is 69.6 Å². The van der Waals surface area contributed by atoms with E-state index in [-0.39, 0.29) is 12.5 Å². The van der Waals surface area contributed by atoms with E-state index in [1.54, 1.807) is 6.92 Å². The van der Waals surface area contributed by atoms with E-state index in [2.05, 4.69) is 29.6 Å². The molecule has 22 heavy (non-hydrogen) atoms. The Hall–Kier alpha value is -2.17. The van der Waals surface area contributed by atoms with E-state index in [9.17, 15) is 9.90 Å². The predicted octanol–water partition coefficient (Wildman–Crippen LogP) is 2.67. The van der Waals surface area contributed by atoms with Crippen LogP contribution in [0.1, 0.15) is 18.9 Å². The second-order valence-electron chi connectivity index (χ2n) is 5.40. The van der Waals surface area contributed by atoms with Gasteiger partial charge in [-0.05, 0) is 23.6 Å². The molecule has 0 amide bonds. The van der Waals surface area contributed by atoms with Crippen molar-refractivity contribution in [1.29, 1.82) is 0 Å². The van der Waals surface area contributed by atoms with Crippen LogP contribution in [0.5, 0.6) is 0 Å². The van der Waals surface area contributed by atoms with Gasteiger partial charge >= 0.3 is 5.97 Å². The van der Waals surface area contributed by atoms with E-state index in [0.29, 0.717) is 6.54 Å². The number of aliphatic hydroxyl groups excluding tert-OH is 1. The summed E-state index contributed by atoms with van der Waals surface area (Å²) in [6.45, 7) is 2.37. The SMILES string of the molecule is CC(NCc1ccc(-c2ccccc2)cc1)C(O)CC(=O)O. The zero-order valence-electron chi connectivity index (χ0n) is 12.6. The maximum atomic E-state index is 10.6. The Bertz CT molecular complexity index is 595. The number of carboxylic acid groups (broad SMARTS) is 1. The largest absolute Gasteiger partial charge is 0.481 e. The molecule has 116 valence electrons. The highest BCUT2D eigenvalue weighted by Crippen LogP contribution is 2.19. The first kappa shape index (κ1) is 16.2. The number of carboxylic acids is 1. The fraction of sp³-hybridized carbons (Fsp3) is 0.278. The van der Waals surface area contributed by atoms with E-state index in [0.717, 1.165) is 11.1 Å². The highest BCUT2D eigenvalue weighted by atomic mass is 16.4. The lowest BCUT2D eigenvalue weighted by molar-refractivity contribution is -0.139. The minimum atomic E-state index is -0.992. The maximum Gasteiger partial charge on any atom is 0.306 e. The lowest BCUT2D eigenvalue weighted by atomic mass is 10.0. The summed E-state index contributed by atoms with van der Waals surface area (Å²) >= 11 is 0. The van der Waals surface area contributed by atoms with Crippen LogP contribution in [0.25, 0.3) is 11.1 Å². The number of rotatable bonds is 7. The maximum absolute atomic E-state index is 10.6. The summed E-state index contributed by atoms with van der Waals surface area (Å²) in [5, 5.41) is 21.5. The van der Waals surface area contributed by atoms with Gasteiger partial charge in [0.15, 0.2) is 0 Å². The van der Waals surface area contributed by atoms with Crippen LogP contribution in [0.15, 0.2) is 54.6 Å². The number of aliphatic carboxylic acids is 1. The zero-order chi connectivity index (χ0) is 15.9. The number of aliphatic hydroxyl groups is 1. The monoisotopic (exact) mass is 299 g/mol. The van der Waals surface area contributed by atoms with Crippen molar-refractivity contribution in [2.45, 2.75) is 32.0 Å². The molecule has 0 saturated carbocycles. The van der Waals surface area contributed by atoms with E-state index in [1.807, 2.05) is 30.3 Å². The third kappa shape index (κ3) is 4.69. The number of carbonyl (C=O) groups is 1. The fourth-order valence-corrected chi connectivity index (χ4v) is 2.22. The molecule has 0 aliphatic heterocycles. The van der Waals surface area contributed by atoms with E-state index in [1.165, 1.54) is 5.56 Å². The summed E-state index contributed by atoms with van der Waals surface area (Å²) in [6.07, 6.45) is -1.14. The Kier molecular flexibility index (Phi) is 5.69. The normalized spacial score (nSPS) is 13.5. The molecule has 0 radical (unpaired) electrons. The summed E-state index contributed by atoms with van der Waals surface area (Å²) in [5.74, 6) is -0.992. The Morgan fingerprint density at radius 1 is 1.05 bits per heavy atom. The van der Waals surface area contributed by atoms with Crippen LogP contribution >= 0.6 is 0 Å². The molecule has 2 rings (SSSR count). The van der Waals surface area contributed by atoms with Gasteiger partial charge in [-0.15, -0.1) is 0 Å². The minimum Gasteiger partial charge on any atom is -0.481 e. The number of hydrogen-bond donors (Lipinski definition) is 3. The lowest BCUT2D eigenvalue weighted by Crippen LogP contribution is -2.38.